The summed E-state index contributed by atoms with van der Waals surface area (Å²) in [6, 6.07) is 4.87. The summed E-state index contributed by atoms with van der Waals surface area (Å²) in [6.45, 7) is 0. The first-order valence-corrected chi connectivity index (χ1v) is 5.28. The van der Waals surface area contributed by atoms with Gasteiger partial charge < -0.3 is 15.8 Å². The van der Waals surface area contributed by atoms with Gasteiger partial charge >= 0.3 is 5.97 Å². The molecule has 2 aromatic rings. The van der Waals surface area contributed by atoms with E-state index >= 15 is 0 Å². The number of carboxylic acid groups (broad SMARTS) is 1. The van der Waals surface area contributed by atoms with Gasteiger partial charge in [0.1, 0.15) is 0 Å². The van der Waals surface area contributed by atoms with Crippen LogP contribution in [0.15, 0.2) is 40.6 Å². The van der Waals surface area contributed by atoms with E-state index < -0.39 is 5.97 Å². The van der Waals surface area contributed by atoms with Gasteiger partial charge in [0.05, 0.1) is 5.56 Å². The van der Waals surface area contributed by atoms with Crippen LogP contribution in [-0.4, -0.2) is 21.0 Å². The third-order valence-electron chi connectivity index (χ3n) is 1.94. The smallest absolute Gasteiger partial charge is 0.337 e. The van der Waals surface area contributed by atoms with Crippen LogP contribution in [0.4, 0.5) is 5.69 Å². The van der Waals surface area contributed by atoms with Gasteiger partial charge in [-0.15, -0.1) is 0 Å². The quantitative estimate of drug-likeness (QED) is 0.706. The first kappa shape index (κ1) is 10.6. The Balaban J connectivity index is 2.29. The minimum atomic E-state index is -1.03. The van der Waals surface area contributed by atoms with Crippen molar-refractivity contribution in [3.8, 4) is 0 Å². The van der Waals surface area contributed by atoms with Crippen LogP contribution in [0.25, 0.3) is 0 Å². The number of hydrogen-bond donors (Lipinski definition) is 3. The van der Waals surface area contributed by atoms with E-state index in [1.807, 2.05) is 0 Å². The SMILES string of the molecule is Nc1ccc(Sc2ncc[nH]2)cc1C(=O)O. The maximum atomic E-state index is 10.9. The highest BCUT2D eigenvalue weighted by atomic mass is 32.2. The number of nitrogens with two attached hydrogens (primary N) is 1. The molecular formula is C10H9N3O2S. The van der Waals surface area contributed by atoms with Crippen molar-refractivity contribution >= 4 is 23.4 Å². The summed E-state index contributed by atoms with van der Waals surface area (Å²) < 4.78 is 0. The Kier molecular flexibility index (Phi) is 2.82. The highest BCUT2D eigenvalue weighted by Gasteiger charge is 2.09. The Hall–Kier alpha value is -1.95. The fourth-order valence-corrected chi connectivity index (χ4v) is 1.98. The molecule has 6 heteroatoms. The van der Waals surface area contributed by atoms with Crippen LogP contribution < -0.4 is 5.73 Å². The second-order valence-corrected chi connectivity index (χ2v) is 4.11. The molecule has 0 spiro atoms. The predicted molar refractivity (Wildman–Crippen MR) is 60.5 cm³/mol. The van der Waals surface area contributed by atoms with Gasteiger partial charge in [-0.05, 0) is 18.2 Å². The molecule has 1 aromatic heterocycles. The molecule has 0 fully saturated rings. The standard InChI is InChI=1S/C10H9N3O2S/c11-8-2-1-6(5-7(8)9(14)15)16-10-12-3-4-13-10/h1-5H,11H2,(H,12,13)(H,14,15). The molecule has 5 nitrogen and oxygen atoms in total. The molecule has 0 aliphatic rings. The zero-order chi connectivity index (χ0) is 11.5. The summed E-state index contributed by atoms with van der Waals surface area (Å²) in [5.41, 5.74) is 5.92. The first-order valence-electron chi connectivity index (χ1n) is 4.47. The van der Waals surface area contributed by atoms with Crippen LogP contribution in [0.2, 0.25) is 0 Å². The Morgan fingerprint density at radius 1 is 1.50 bits per heavy atom. The Bertz CT molecular complexity index is 511. The van der Waals surface area contributed by atoms with Crippen LogP contribution in [0, 0.1) is 0 Å². The molecule has 0 saturated heterocycles. The normalized spacial score (nSPS) is 10.2. The van der Waals surface area contributed by atoms with Gasteiger partial charge in [-0.2, -0.15) is 0 Å². The number of benzene rings is 1. The van der Waals surface area contributed by atoms with Gasteiger partial charge in [0, 0.05) is 23.0 Å². The molecule has 0 bridgehead atoms. The highest BCUT2D eigenvalue weighted by molar-refractivity contribution is 7.99. The lowest BCUT2D eigenvalue weighted by Gasteiger charge is -2.03. The zero-order valence-corrected chi connectivity index (χ0v) is 8.99. The highest BCUT2D eigenvalue weighted by Crippen LogP contribution is 2.27. The number of imidazole rings is 1. The lowest BCUT2D eigenvalue weighted by molar-refractivity contribution is 0.0698. The molecule has 16 heavy (non-hydrogen) atoms. The largest absolute Gasteiger partial charge is 0.478 e. The number of carbonyl (C=O) groups is 1. The summed E-state index contributed by atoms with van der Waals surface area (Å²) in [5, 5.41) is 9.61. The molecule has 82 valence electrons. The van der Waals surface area contributed by atoms with Crippen molar-refractivity contribution in [2.24, 2.45) is 0 Å². The second kappa shape index (κ2) is 4.28. The molecule has 1 aromatic carbocycles. The monoisotopic (exact) mass is 235 g/mol. The van der Waals surface area contributed by atoms with Crippen LogP contribution in [0.1, 0.15) is 10.4 Å². The second-order valence-electron chi connectivity index (χ2n) is 3.05. The molecule has 1 heterocycles. The predicted octanol–water partition coefficient (Wildman–Crippen LogP) is 1.84. The molecule has 0 radical (unpaired) electrons. The van der Waals surface area contributed by atoms with E-state index in [2.05, 4.69) is 9.97 Å². The Morgan fingerprint density at radius 3 is 2.94 bits per heavy atom. The zero-order valence-electron chi connectivity index (χ0n) is 8.18. The summed E-state index contributed by atoms with van der Waals surface area (Å²) in [6.07, 6.45) is 3.34. The van der Waals surface area contributed by atoms with Gasteiger partial charge in [0.15, 0.2) is 5.16 Å². The van der Waals surface area contributed by atoms with Gasteiger partial charge in [-0.25, -0.2) is 9.78 Å². The van der Waals surface area contributed by atoms with Crippen LogP contribution in [0.3, 0.4) is 0 Å². The Morgan fingerprint density at radius 2 is 2.31 bits per heavy atom. The fourth-order valence-electron chi connectivity index (χ4n) is 1.20. The summed E-state index contributed by atoms with van der Waals surface area (Å²) in [4.78, 5) is 18.6. The maximum absolute atomic E-state index is 10.9. The number of aromatic amines is 1. The van der Waals surface area contributed by atoms with E-state index in [0.29, 0.717) is 5.16 Å². The van der Waals surface area contributed by atoms with Crippen LogP contribution in [0.5, 0.6) is 0 Å². The number of aromatic nitrogens is 2. The van der Waals surface area contributed by atoms with Crippen molar-refractivity contribution in [1.29, 1.82) is 0 Å². The average molecular weight is 235 g/mol. The maximum Gasteiger partial charge on any atom is 0.337 e. The van der Waals surface area contributed by atoms with E-state index in [4.69, 9.17) is 10.8 Å². The number of carboxylic acids is 1. The fraction of sp³-hybridized carbons (Fsp3) is 0. The van der Waals surface area contributed by atoms with E-state index in [1.54, 1.807) is 24.5 Å². The number of aromatic carboxylic acids is 1. The molecule has 0 amide bonds. The summed E-state index contributed by atoms with van der Waals surface area (Å²) >= 11 is 1.35. The van der Waals surface area contributed by atoms with Crippen molar-refractivity contribution in [2.45, 2.75) is 10.1 Å². The average Bonchev–Trinajstić information content (AvgIpc) is 2.73. The molecule has 0 atom stereocenters. The van der Waals surface area contributed by atoms with E-state index in [9.17, 15) is 4.79 Å². The van der Waals surface area contributed by atoms with Gasteiger partial charge in [0.2, 0.25) is 0 Å². The molecule has 0 unspecified atom stereocenters. The topological polar surface area (TPSA) is 92.0 Å². The van der Waals surface area contributed by atoms with Crippen molar-refractivity contribution in [1.82, 2.24) is 9.97 Å². The number of nitrogens with one attached hydrogen (secondary N) is 1. The van der Waals surface area contributed by atoms with Crippen LogP contribution >= 0.6 is 11.8 Å². The third-order valence-corrected chi connectivity index (χ3v) is 2.85. The van der Waals surface area contributed by atoms with Crippen molar-refractivity contribution in [3.63, 3.8) is 0 Å². The molecule has 4 N–H and O–H groups in total. The number of rotatable bonds is 3. The van der Waals surface area contributed by atoms with Crippen LogP contribution in [-0.2, 0) is 0 Å². The summed E-state index contributed by atoms with van der Waals surface area (Å²) in [5.74, 6) is -1.03. The lowest BCUT2D eigenvalue weighted by atomic mass is 10.2. The van der Waals surface area contributed by atoms with Gasteiger partial charge in [0.25, 0.3) is 0 Å². The number of H-pyrrole nitrogens is 1. The molecule has 0 aliphatic carbocycles. The minimum Gasteiger partial charge on any atom is -0.478 e. The number of nitrogen functional groups attached to an aromatic ring is 1. The first-order chi connectivity index (χ1) is 7.66. The van der Waals surface area contributed by atoms with E-state index in [-0.39, 0.29) is 11.3 Å². The number of nitrogens with zero attached hydrogens (tertiary/aromatic N) is 1. The lowest BCUT2D eigenvalue weighted by Crippen LogP contribution is -2.02. The van der Waals surface area contributed by atoms with E-state index in [1.165, 1.54) is 17.8 Å². The van der Waals surface area contributed by atoms with E-state index in [0.717, 1.165) is 4.90 Å². The van der Waals surface area contributed by atoms with Crippen molar-refractivity contribution < 1.29 is 9.90 Å². The Labute approximate surface area is 95.7 Å². The minimum absolute atomic E-state index is 0.108. The van der Waals surface area contributed by atoms with Crippen molar-refractivity contribution in [3.05, 3.63) is 36.2 Å². The van der Waals surface area contributed by atoms with Gasteiger partial charge in [-0.3, -0.25) is 0 Å². The molecule has 2 rings (SSSR count). The third kappa shape index (κ3) is 2.17. The number of hydrogen-bond acceptors (Lipinski definition) is 4. The molecular weight excluding hydrogens is 226 g/mol. The summed E-state index contributed by atoms with van der Waals surface area (Å²) in [7, 11) is 0. The van der Waals surface area contributed by atoms with Gasteiger partial charge in [-0.1, -0.05) is 11.8 Å². The molecule has 0 aliphatic heterocycles. The van der Waals surface area contributed by atoms with Crippen molar-refractivity contribution in [2.75, 3.05) is 5.73 Å². The molecule has 0 saturated carbocycles. The number of anilines is 1.